The SMILES string of the molecule is CN(C)CCNC(=O)c1ccc(Nc2ccc(Oc3ccccc3)cc2)nc1. The molecule has 2 N–H and O–H groups in total. The predicted octanol–water partition coefficient (Wildman–Crippen LogP) is 3.91. The van der Waals surface area contributed by atoms with Crippen molar-refractivity contribution < 1.29 is 9.53 Å². The number of para-hydroxylation sites is 1. The van der Waals surface area contributed by atoms with Gasteiger partial charge in [-0.1, -0.05) is 18.2 Å². The Morgan fingerprint density at radius 3 is 2.32 bits per heavy atom. The van der Waals surface area contributed by atoms with Gasteiger partial charge in [0.1, 0.15) is 17.3 Å². The number of benzene rings is 2. The van der Waals surface area contributed by atoms with E-state index in [1.54, 1.807) is 18.3 Å². The van der Waals surface area contributed by atoms with Crippen molar-refractivity contribution >= 4 is 17.4 Å². The molecule has 0 radical (unpaired) electrons. The summed E-state index contributed by atoms with van der Waals surface area (Å²) in [5, 5.41) is 6.08. The molecule has 2 aromatic carbocycles. The summed E-state index contributed by atoms with van der Waals surface area (Å²) in [5.74, 6) is 2.10. The summed E-state index contributed by atoms with van der Waals surface area (Å²) in [5.41, 5.74) is 1.42. The molecule has 1 aromatic heterocycles. The van der Waals surface area contributed by atoms with Crippen LogP contribution >= 0.6 is 0 Å². The molecule has 144 valence electrons. The number of rotatable bonds is 8. The van der Waals surface area contributed by atoms with Gasteiger partial charge in [-0.2, -0.15) is 0 Å². The number of anilines is 2. The highest BCUT2D eigenvalue weighted by molar-refractivity contribution is 5.94. The van der Waals surface area contributed by atoms with Crippen LogP contribution in [-0.2, 0) is 0 Å². The number of ether oxygens (including phenoxy) is 1. The normalized spacial score (nSPS) is 10.5. The van der Waals surface area contributed by atoms with Gasteiger partial charge in [-0.05, 0) is 62.6 Å². The molecule has 0 atom stereocenters. The highest BCUT2D eigenvalue weighted by Gasteiger charge is 2.06. The largest absolute Gasteiger partial charge is 0.457 e. The lowest BCUT2D eigenvalue weighted by molar-refractivity contribution is 0.0950. The fourth-order valence-corrected chi connectivity index (χ4v) is 2.48. The first-order valence-corrected chi connectivity index (χ1v) is 9.09. The number of nitrogens with one attached hydrogen (secondary N) is 2. The Labute approximate surface area is 165 Å². The third-order valence-electron chi connectivity index (χ3n) is 3.98. The molecule has 3 aromatic rings. The predicted molar refractivity (Wildman–Crippen MR) is 111 cm³/mol. The first-order valence-electron chi connectivity index (χ1n) is 9.09. The van der Waals surface area contributed by atoms with Gasteiger partial charge in [-0.25, -0.2) is 4.98 Å². The maximum atomic E-state index is 12.1. The van der Waals surface area contributed by atoms with Crippen molar-refractivity contribution in [2.75, 3.05) is 32.5 Å². The molecule has 1 heterocycles. The minimum Gasteiger partial charge on any atom is -0.457 e. The van der Waals surface area contributed by atoms with Crippen LogP contribution in [0.4, 0.5) is 11.5 Å². The lowest BCUT2D eigenvalue weighted by Crippen LogP contribution is -2.31. The van der Waals surface area contributed by atoms with E-state index in [-0.39, 0.29) is 5.91 Å². The van der Waals surface area contributed by atoms with Crippen LogP contribution in [-0.4, -0.2) is 43.0 Å². The Morgan fingerprint density at radius 1 is 0.964 bits per heavy atom. The second-order valence-electron chi connectivity index (χ2n) is 6.56. The van der Waals surface area contributed by atoms with E-state index in [1.165, 1.54) is 0 Å². The number of hydrogen-bond donors (Lipinski definition) is 2. The third kappa shape index (κ3) is 5.82. The Hall–Kier alpha value is -3.38. The molecular weight excluding hydrogens is 352 g/mol. The standard InChI is InChI=1S/C22H24N4O2/c1-26(2)15-14-23-22(27)17-8-13-21(24-16-17)25-18-9-11-20(12-10-18)28-19-6-4-3-5-7-19/h3-13,16H,14-15H2,1-2H3,(H,23,27)(H,24,25). The highest BCUT2D eigenvalue weighted by atomic mass is 16.5. The number of likely N-dealkylation sites (N-methyl/N-ethyl adjacent to an activating group) is 1. The zero-order valence-corrected chi connectivity index (χ0v) is 16.1. The fraction of sp³-hybridized carbons (Fsp3) is 0.182. The third-order valence-corrected chi connectivity index (χ3v) is 3.98. The molecule has 6 heteroatoms. The highest BCUT2D eigenvalue weighted by Crippen LogP contribution is 2.23. The van der Waals surface area contributed by atoms with Gasteiger partial charge in [0.2, 0.25) is 0 Å². The van der Waals surface area contributed by atoms with Crippen LogP contribution < -0.4 is 15.4 Å². The van der Waals surface area contributed by atoms with Crippen molar-refractivity contribution in [1.82, 2.24) is 15.2 Å². The van der Waals surface area contributed by atoms with E-state index < -0.39 is 0 Å². The maximum Gasteiger partial charge on any atom is 0.252 e. The van der Waals surface area contributed by atoms with E-state index in [0.717, 1.165) is 23.7 Å². The van der Waals surface area contributed by atoms with E-state index in [9.17, 15) is 4.79 Å². The van der Waals surface area contributed by atoms with Gasteiger partial charge in [-0.15, -0.1) is 0 Å². The van der Waals surface area contributed by atoms with Gasteiger partial charge in [0.15, 0.2) is 0 Å². The average Bonchev–Trinajstić information content (AvgIpc) is 2.70. The summed E-state index contributed by atoms with van der Waals surface area (Å²) >= 11 is 0. The van der Waals surface area contributed by atoms with Crippen molar-refractivity contribution in [3.05, 3.63) is 78.5 Å². The molecule has 3 rings (SSSR count). The molecule has 0 saturated carbocycles. The smallest absolute Gasteiger partial charge is 0.252 e. The topological polar surface area (TPSA) is 66.5 Å². The quantitative estimate of drug-likeness (QED) is 0.624. The Balaban J connectivity index is 1.54. The molecule has 0 aliphatic heterocycles. The summed E-state index contributed by atoms with van der Waals surface area (Å²) < 4.78 is 5.78. The van der Waals surface area contributed by atoms with Crippen LogP contribution in [0.25, 0.3) is 0 Å². The van der Waals surface area contributed by atoms with Crippen LogP contribution in [0.5, 0.6) is 11.5 Å². The van der Waals surface area contributed by atoms with E-state index in [0.29, 0.717) is 17.9 Å². The van der Waals surface area contributed by atoms with Crippen molar-refractivity contribution in [2.24, 2.45) is 0 Å². The summed E-state index contributed by atoms with van der Waals surface area (Å²) in [6.45, 7) is 1.39. The van der Waals surface area contributed by atoms with Crippen molar-refractivity contribution in [2.45, 2.75) is 0 Å². The maximum absolute atomic E-state index is 12.1. The monoisotopic (exact) mass is 376 g/mol. The number of amides is 1. The number of carbonyl (C=O) groups excluding carboxylic acids is 1. The summed E-state index contributed by atoms with van der Waals surface area (Å²) in [6.07, 6.45) is 1.57. The molecule has 0 spiro atoms. The van der Waals surface area contributed by atoms with Gasteiger partial charge in [0, 0.05) is 25.0 Å². The summed E-state index contributed by atoms with van der Waals surface area (Å²) in [7, 11) is 3.93. The van der Waals surface area contributed by atoms with Crippen LogP contribution in [0.15, 0.2) is 72.9 Å². The van der Waals surface area contributed by atoms with Crippen molar-refractivity contribution in [3.63, 3.8) is 0 Å². The van der Waals surface area contributed by atoms with Gasteiger partial charge in [0.05, 0.1) is 5.56 Å². The summed E-state index contributed by atoms with van der Waals surface area (Å²) in [6, 6.07) is 20.8. The average molecular weight is 376 g/mol. The zero-order valence-electron chi connectivity index (χ0n) is 16.1. The Morgan fingerprint density at radius 2 is 1.68 bits per heavy atom. The number of hydrogen-bond acceptors (Lipinski definition) is 5. The molecule has 0 aliphatic rings. The number of pyridine rings is 1. The second-order valence-corrected chi connectivity index (χ2v) is 6.56. The Kier molecular flexibility index (Phi) is 6.59. The second kappa shape index (κ2) is 9.53. The molecule has 0 bridgehead atoms. The minimum absolute atomic E-state index is 0.122. The lowest BCUT2D eigenvalue weighted by atomic mass is 10.2. The molecular formula is C22H24N4O2. The van der Waals surface area contributed by atoms with Crippen LogP contribution in [0.2, 0.25) is 0 Å². The Bertz CT molecular complexity index is 879. The molecule has 1 amide bonds. The van der Waals surface area contributed by atoms with E-state index >= 15 is 0 Å². The van der Waals surface area contributed by atoms with E-state index in [4.69, 9.17) is 4.74 Å². The van der Waals surface area contributed by atoms with Crippen LogP contribution in [0, 0.1) is 0 Å². The van der Waals surface area contributed by atoms with Crippen molar-refractivity contribution in [3.8, 4) is 11.5 Å². The van der Waals surface area contributed by atoms with Crippen molar-refractivity contribution in [1.29, 1.82) is 0 Å². The number of carbonyl (C=O) groups is 1. The number of nitrogens with zero attached hydrogens (tertiary/aromatic N) is 2. The molecule has 0 fully saturated rings. The summed E-state index contributed by atoms with van der Waals surface area (Å²) in [4.78, 5) is 18.4. The molecule has 0 saturated heterocycles. The lowest BCUT2D eigenvalue weighted by Gasteiger charge is -2.11. The van der Waals surface area contributed by atoms with Crippen LogP contribution in [0.1, 0.15) is 10.4 Å². The minimum atomic E-state index is -0.122. The molecule has 6 nitrogen and oxygen atoms in total. The first-order chi connectivity index (χ1) is 13.6. The zero-order chi connectivity index (χ0) is 19.8. The van der Waals surface area contributed by atoms with E-state index in [1.807, 2.05) is 73.6 Å². The molecule has 28 heavy (non-hydrogen) atoms. The van der Waals surface area contributed by atoms with Gasteiger partial charge in [0.25, 0.3) is 5.91 Å². The number of aromatic nitrogens is 1. The van der Waals surface area contributed by atoms with Gasteiger partial charge >= 0.3 is 0 Å². The van der Waals surface area contributed by atoms with Gasteiger partial charge in [-0.3, -0.25) is 4.79 Å². The molecule has 0 unspecified atom stereocenters. The fourth-order valence-electron chi connectivity index (χ4n) is 2.48. The van der Waals surface area contributed by atoms with E-state index in [2.05, 4.69) is 15.6 Å². The van der Waals surface area contributed by atoms with Gasteiger partial charge < -0.3 is 20.3 Å². The first kappa shape index (κ1) is 19.4. The molecule has 0 aliphatic carbocycles. The van der Waals surface area contributed by atoms with Crippen LogP contribution in [0.3, 0.4) is 0 Å².